The van der Waals surface area contributed by atoms with E-state index >= 15 is 0 Å². The number of piperidine rings is 1. The Hall–Kier alpha value is -5.72. The van der Waals surface area contributed by atoms with E-state index in [1.165, 1.54) is 0 Å². The summed E-state index contributed by atoms with van der Waals surface area (Å²) in [6.07, 6.45) is 3.61. The number of nitrogens with zero attached hydrogens (tertiary/aromatic N) is 2. The molecule has 334 valence electrons. The van der Waals surface area contributed by atoms with E-state index in [-0.39, 0.29) is 48.1 Å². The largest absolute Gasteiger partial charge is 0.444 e. The van der Waals surface area contributed by atoms with Crippen LogP contribution in [0.25, 0.3) is 11.1 Å². The quantitative estimate of drug-likeness (QED) is 0.133. The van der Waals surface area contributed by atoms with Gasteiger partial charge in [0.25, 0.3) is 5.91 Å². The van der Waals surface area contributed by atoms with Crippen molar-refractivity contribution < 1.29 is 33.4 Å². The number of hydrogen-bond donors (Lipinski definition) is 4. The summed E-state index contributed by atoms with van der Waals surface area (Å²) in [7, 11) is 1.74. The molecule has 2 fully saturated rings. The number of nitrogens with one attached hydrogen (secondary N) is 4. The molecule has 1 heterocycles. The molecule has 1 atom stereocenters. The van der Waals surface area contributed by atoms with Gasteiger partial charge in [0, 0.05) is 62.0 Å². The molecule has 0 bridgehead atoms. The molecule has 0 aromatic heterocycles. The molecule has 0 radical (unpaired) electrons. The third kappa shape index (κ3) is 14.2. The lowest BCUT2D eigenvalue weighted by Gasteiger charge is -2.33. The van der Waals surface area contributed by atoms with Gasteiger partial charge in [-0.25, -0.2) is 9.59 Å². The highest BCUT2D eigenvalue weighted by molar-refractivity contribution is 6.00. The second kappa shape index (κ2) is 20.9. The molecule has 4 N–H and O–H groups in total. The summed E-state index contributed by atoms with van der Waals surface area (Å²) in [5, 5.41) is 12.1. The number of likely N-dealkylation sites (tertiary alicyclic amines) is 1. The first kappa shape index (κ1) is 47.3. The molecule has 5 rings (SSSR count). The maximum atomic E-state index is 14.0. The Morgan fingerprint density at radius 2 is 1.45 bits per heavy atom. The van der Waals surface area contributed by atoms with Crippen molar-refractivity contribution in [1.82, 2.24) is 20.9 Å². The number of ether oxygens (including phenoxy) is 2. The number of rotatable bonds is 12. The predicted octanol–water partition coefficient (Wildman–Crippen LogP) is 8.23. The van der Waals surface area contributed by atoms with Crippen molar-refractivity contribution >= 4 is 41.3 Å². The molecule has 1 aliphatic heterocycles. The van der Waals surface area contributed by atoms with Crippen molar-refractivity contribution in [2.75, 3.05) is 32.0 Å². The Balaban J connectivity index is 1.24. The second-order valence-electron chi connectivity index (χ2n) is 18.7. The van der Waals surface area contributed by atoms with Gasteiger partial charge in [0.1, 0.15) is 17.2 Å². The zero-order chi connectivity index (χ0) is 45.2. The molecule has 0 unspecified atom stereocenters. The van der Waals surface area contributed by atoms with E-state index in [2.05, 4.69) is 26.3 Å². The molecule has 1 saturated carbocycles. The van der Waals surface area contributed by atoms with Crippen LogP contribution in [0.4, 0.5) is 15.3 Å². The van der Waals surface area contributed by atoms with Gasteiger partial charge >= 0.3 is 12.2 Å². The minimum atomic E-state index is -0.855. The van der Waals surface area contributed by atoms with Crippen LogP contribution in [0.1, 0.15) is 114 Å². The van der Waals surface area contributed by atoms with Gasteiger partial charge in [0.2, 0.25) is 11.8 Å². The summed E-state index contributed by atoms with van der Waals surface area (Å²) in [6.45, 7) is 16.4. The predicted molar refractivity (Wildman–Crippen MR) is 243 cm³/mol. The number of aliphatic imine (C=N–C) groups is 1. The highest BCUT2D eigenvalue weighted by atomic mass is 16.6. The minimum absolute atomic E-state index is 0.0503. The summed E-state index contributed by atoms with van der Waals surface area (Å²) in [5.41, 5.74) is 5.51. The van der Waals surface area contributed by atoms with Crippen molar-refractivity contribution in [3.05, 3.63) is 89.0 Å². The van der Waals surface area contributed by atoms with Gasteiger partial charge in [-0.1, -0.05) is 42.5 Å². The summed E-state index contributed by atoms with van der Waals surface area (Å²) in [4.78, 5) is 71.8. The van der Waals surface area contributed by atoms with Crippen molar-refractivity contribution in [2.45, 2.75) is 124 Å². The molecular formula is C49H66N6O7. The molecule has 1 saturated heterocycles. The van der Waals surface area contributed by atoms with Crippen LogP contribution in [0.3, 0.4) is 0 Å². The van der Waals surface area contributed by atoms with Crippen LogP contribution in [-0.2, 0) is 25.5 Å². The molecule has 3 aromatic rings. The van der Waals surface area contributed by atoms with Crippen LogP contribution in [0, 0.1) is 18.8 Å². The maximum Gasteiger partial charge on any atom is 0.410 e. The number of alkyl carbamates (subject to hydrolysis) is 1. The van der Waals surface area contributed by atoms with Crippen molar-refractivity contribution in [2.24, 2.45) is 16.8 Å². The van der Waals surface area contributed by atoms with E-state index in [9.17, 15) is 24.0 Å². The van der Waals surface area contributed by atoms with Crippen LogP contribution in [0.2, 0.25) is 0 Å². The Labute approximate surface area is 367 Å². The fraction of sp³-hybridized carbons (Fsp3) is 0.510. The fourth-order valence-corrected chi connectivity index (χ4v) is 7.85. The molecular weight excluding hydrogens is 785 g/mol. The highest BCUT2D eigenvalue weighted by Crippen LogP contribution is 2.30. The van der Waals surface area contributed by atoms with Crippen LogP contribution in [0.5, 0.6) is 0 Å². The Morgan fingerprint density at radius 3 is 2.06 bits per heavy atom. The average molecular weight is 851 g/mol. The minimum Gasteiger partial charge on any atom is -0.444 e. The first-order valence-corrected chi connectivity index (χ1v) is 21.9. The Morgan fingerprint density at radius 1 is 0.806 bits per heavy atom. The normalized spacial score (nSPS) is 18.0. The lowest BCUT2D eigenvalue weighted by Crippen LogP contribution is -2.48. The molecule has 62 heavy (non-hydrogen) atoms. The molecule has 0 spiro atoms. The lowest BCUT2D eigenvalue weighted by molar-refractivity contribution is -0.130. The standard InChI is InChI=1S/C49H66N6O7/c1-31-27-38(44(57)52-40-23-25-55(26-24-40)47(60)62-49(6,7)8)19-22-41(31)37-12-10-11-34(28-37)29-42(45(58)53-39-20-17-35(18-21-39)32(2)50-9)54-43(56)36-15-13-33(14-16-36)30-51-46(59)61-48(3,4)5/h10-12,17-22,27-28,33,36,40,42H,13-16,23-26,29-30H2,1-9H3,(H,51,59)(H,52,57)(H,53,58)(H,54,56)/t33?,36?,42-/m0/s1. The number of carbonyl (C=O) groups is 5. The van der Waals surface area contributed by atoms with E-state index in [1.54, 1.807) is 11.9 Å². The summed E-state index contributed by atoms with van der Waals surface area (Å²) in [6, 6.07) is 20.1. The van der Waals surface area contributed by atoms with Crippen LogP contribution >= 0.6 is 0 Å². The zero-order valence-corrected chi connectivity index (χ0v) is 38.0. The Kier molecular flexibility index (Phi) is 16.0. The molecule has 13 nitrogen and oxygen atoms in total. The fourth-order valence-electron chi connectivity index (χ4n) is 7.85. The third-order valence-electron chi connectivity index (χ3n) is 11.3. The van der Waals surface area contributed by atoms with Crippen molar-refractivity contribution in [3.8, 4) is 11.1 Å². The molecule has 1 aliphatic carbocycles. The topological polar surface area (TPSA) is 168 Å². The smallest absolute Gasteiger partial charge is 0.410 e. The van der Waals surface area contributed by atoms with E-state index < -0.39 is 23.3 Å². The third-order valence-corrected chi connectivity index (χ3v) is 11.3. The SMILES string of the molecule is CN=C(C)c1ccc(NC(=O)[C@H](Cc2cccc(-c3ccc(C(=O)NC4CCN(C(=O)OC(C)(C)C)CC4)cc3C)c2)NC(=O)C2CCC(CNC(=O)OC(C)(C)C)CC2)cc1. The number of amides is 5. The first-order chi connectivity index (χ1) is 29.3. The van der Waals surface area contributed by atoms with Gasteiger partial charge in [-0.15, -0.1) is 0 Å². The Bertz CT molecular complexity index is 2090. The first-order valence-electron chi connectivity index (χ1n) is 21.9. The van der Waals surface area contributed by atoms with Gasteiger partial charge in [-0.2, -0.15) is 0 Å². The number of benzene rings is 3. The number of carbonyl (C=O) groups excluding carboxylic acids is 5. The summed E-state index contributed by atoms with van der Waals surface area (Å²) in [5.74, 6) is -0.672. The van der Waals surface area contributed by atoms with Crippen LogP contribution in [0.15, 0.2) is 71.7 Å². The van der Waals surface area contributed by atoms with E-state index in [0.717, 1.165) is 46.4 Å². The molecule has 13 heteroatoms. The lowest BCUT2D eigenvalue weighted by atomic mass is 9.81. The van der Waals surface area contributed by atoms with E-state index in [1.807, 2.05) is 122 Å². The zero-order valence-electron chi connectivity index (χ0n) is 38.0. The maximum absolute atomic E-state index is 14.0. The van der Waals surface area contributed by atoms with E-state index in [4.69, 9.17) is 9.47 Å². The van der Waals surface area contributed by atoms with Crippen LogP contribution < -0.4 is 21.3 Å². The molecule has 2 aliphatic rings. The van der Waals surface area contributed by atoms with Gasteiger partial charge in [0.05, 0.1) is 0 Å². The van der Waals surface area contributed by atoms with Crippen molar-refractivity contribution in [1.29, 1.82) is 0 Å². The monoisotopic (exact) mass is 850 g/mol. The van der Waals surface area contributed by atoms with Gasteiger partial charge in [-0.3, -0.25) is 19.4 Å². The summed E-state index contributed by atoms with van der Waals surface area (Å²) >= 11 is 0. The number of hydrogen-bond acceptors (Lipinski definition) is 8. The van der Waals surface area contributed by atoms with Crippen molar-refractivity contribution in [3.63, 3.8) is 0 Å². The number of aryl methyl sites for hydroxylation is 1. The number of anilines is 1. The van der Waals surface area contributed by atoms with Gasteiger partial charge in [0.15, 0.2) is 0 Å². The highest BCUT2D eigenvalue weighted by Gasteiger charge is 2.31. The van der Waals surface area contributed by atoms with Crippen LogP contribution in [-0.4, -0.2) is 90.5 Å². The van der Waals surface area contributed by atoms with Gasteiger partial charge < -0.3 is 35.6 Å². The molecule has 5 amide bonds. The second-order valence-corrected chi connectivity index (χ2v) is 18.7. The van der Waals surface area contributed by atoms with E-state index in [0.29, 0.717) is 56.6 Å². The molecule has 3 aromatic carbocycles. The summed E-state index contributed by atoms with van der Waals surface area (Å²) < 4.78 is 10.9. The van der Waals surface area contributed by atoms with Gasteiger partial charge in [-0.05, 0) is 152 Å². The average Bonchev–Trinajstić information content (AvgIpc) is 3.22.